The van der Waals surface area contributed by atoms with Crippen LogP contribution in [0.25, 0.3) is 5.69 Å². The number of rotatable bonds is 5. The first-order chi connectivity index (χ1) is 18.7. The number of likely N-dealkylation sites (tertiary alicyclic amines) is 1. The predicted molar refractivity (Wildman–Crippen MR) is 137 cm³/mol. The van der Waals surface area contributed by atoms with E-state index in [0.717, 1.165) is 51.3 Å². The fourth-order valence-electron chi connectivity index (χ4n) is 5.38. The molecular weight excluding hydrogens is 509 g/mol. The molecule has 39 heavy (non-hydrogen) atoms. The van der Waals surface area contributed by atoms with Gasteiger partial charge >= 0.3 is 6.18 Å². The fourth-order valence-corrected chi connectivity index (χ4v) is 5.38. The summed E-state index contributed by atoms with van der Waals surface area (Å²) in [4.78, 5) is 20.0. The van der Waals surface area contributed by atoms with Crippen molar-refractivity contribution in [3.8, 4) is 11.8 Å². The standard InChI is InChI=1S/C28H29F3N6O2/c1-19-24(17-34-37(19)23-5-2-20(3-6-23)28(29,30)31)26(38)35-21-4-7-25(33-16-21)27(18-32)10-12-36(13-11-27)22-8-14-39-15-9-22/h2-7,16-17,22H,8-15H2,1H3,(H,35,38). The SMILES string of the molecule is Cc1c(C(=O)Nc2ccc(C3(C#N)CCN(C4CCOCC4)CC3)nc2)cnn1-c1ccc(C(F)(F)F)cc1. The highest BCUT2D eigenvalue weighted by Gasteiger charge is 2.39. The summed E-state index contributed by atoms with van der Waals surface area (Å²) >= 11 is 0. The monoisotopic (exact) mass is 538 g/mol. The van der Waals surface area contributed by atoms with Crippen LogP contribution >= 0.6 is 0 Å². The summed E-state index contributed by atoms with van der Waals surface area (Å²) in [6, 6.07) is 11.1. The van der Waals surface area contributed by atoms with Crippen LogP contribution in [0.15, 0.2) is 48.8 Å². The molecule has 8 nitrogen and oxygen atoms in total. The van der Waals surface area contributed by atoms with Crippen LogP contribution in [0.5, 0.6) is 0 Å². The second-order valence-electron chi connectivity index (χ2n) is 10.1. The minimum Gasteiger partial charge on any atom is -0.381 e. The molecule has 204 valence electrons. The second kappa shape index (κ2) is 10.8. The molecule has 0 spiro atoms. The van der Waals surface area contributed by atoms with Gasteiger partial charge in [0, 0.05) is 32.3 Å². The number of aromatic nitrogens is 3. The van der Waals surface area contributed by atoms with Gasteiger partial charge in [-0.05, 0) is 69.0 Å². The van der Waals surface area contributed by atoms with Gasteiger partial charge in [0.2, 0.25) is 0 Å². The number of halogens is 3. The minimum atomic E-state index is -4.43. The molecule has 1 amide bonds. The highest BCUT2D eigenvalue weighted by Crippen LogP contribution is 2.36. The number of nitriles is 1. The summed E-state index contributed by atoms with van der Waals surface area (Å²) in [6.45, 7) is 4.91. The molecule has 0 atom stereocenters. The van der Waals surface area contributed by atoms with E-state index in [1.807, 2.05) is 0 Å². The van der Waals surface area contributed by atoms with Crippen molar-refractivity contribution in [2.45, 2.75) is 50.2 Å². The van der Waals surface area contributed by atoms with Crippen molar-refractivity contribution in [1.29, 1.82) is 5.26 Å². The molecule has 2 aromatic heterocycles. The number of carbonyl (C=O) groups excluding carboxylic acids is 1. The number of nitrogens with one attached hydrogen (secondary N) is 1. The smallest absolute Gasteiger partial charge is 0.381 e. The van der Waals surface area contributed by atoms with Gasteiger partial charge in [-0.25, -0.2) is 4.68 Å². The van der Waals surface area contributed by atoms with Gasteiger partial charge in [0.05, 0.1) is 52.4 Å². The number of hydrogen-bond donors (Lipinski definition) is 1. The van der Waals surface area contributed by atoms with E-state index in [1.54, 1.807) is 25.3 Å². The number of alkyl halides is 3. The van der Waals surface area contributed by atoms with E-state index in [2.05, 4.69) is 26.4 Å². The van der Waals surface area contributed by atoms with Gasteiger partial charge in [-0.15, -0.1) is 0 Å². The number of benzene rings is 1. The molecule has 4 heterocycles. The first kappa shape index (κ1) is 26.8. The van der Waals surface area contributed by atoms with Crippen molar-refractivity contribution in [2.24, 2.45) is 0 Å². The van der Waals surface area contributed by atoms with Crippen LogP contribution < -0.4 is 5.32 Å². The third kappa shape index (κ3) is 5.53. The van der Waals surface area contributed by atoms with E-state index in [9.17, 15) is 23.2 Å². The molecule has 2 fully saturated rings. The zero-order valence-electron chi connectivity index (χ0n) is 21.5. The molecule has 0 aliphatic carbocycles. The summed E-state index contributed by atoms with van der Waals surface area (Å²) in [7, 11) is 0. The molecule has 0 saturated carbocycles. The van der Waals surface area contributed by atoms with Crippen LogP contribution in [0.3, 0.4) is 0 Å². The molecule has 11 heteroatoms. The summed E-state index contributed by atoms with van der Waals surface area (Å²) in [6.07, 6.45) is 1.93. The van der Waals surface area contributed by atoms with Crippen LogP contribution in [0.2, 0.25) is 0 Å². The van der Waals surface area contributed by atoms with Crippen LogP contribution in [-0.2, 0) is 16.3 Å². The molecule has 2 aliphatic rings. The third-order valence-electron chi connectivity index (χ3n) is 7.78. The Morgan fingerprint density at radius 1 is 1.10 bits per heavy atom. The highest BCUT2D eigenvalue weighted by atomic mass is 19.4. The zero-order valence-corrected chi connectivity index (χ0v) is 21.5. The van der Waals surface area contributed by atoms with Gasteiger partial charge in [-0.2, -0.15) is 23.5 Å². The van der Waals surface area contributed by atoms with E-state index in [0.29, 0.717) is 41.6 Å². The fraction of sp³-hybridized carbons (Fsp3) is 0.429. The van der Waals surface area contributed by atoms with Crippen molar-refractivity contribution in [3.63, 3.8) is 0 Å². The minimum absolute atomic E-state index is 0.285. The van der Waals surface area contributed by atoms with Gasteiger partial charge in [-0.1, -0.05) is 0 Å². The Balaban J connectivity index is 1.24. The number of nitrogens with zero attached hydrogens (tertiary/aromatic N) is 5. The number of carbonyl (C=O) groups is 1. The molecule has 1 aromatic carbocycles. The van der Waals surface area contributed by atoms with Gasteiger partial charge in [-0.3, -0.25) is 9.78 Å². The van der Waals surface area contributed by atoms with Gasteiger partial charge in [0.25, 0.3) is 5.91 Å². The maximum absolute atomic E-state index is 12.9. The summed E-state index contributed by atoms with van der Waals surface area (Å²) < 4.78 is 45.5. The van der Waals surface area contributed by atoms with E-state index >= 15 is 0 Å². The van der Waals surface area contributed by atoms with E-state index in [1.165, 1.54) is 23.0 Å². The lowest BCUT2D eigenvalue weighted by atomic mass is 9.76. The maximum Gasteiger partial charge on any atom is 0.416 e. The van der Waals surface area contributed by atoms with Gasteiger partial charge in [0.15, 0.2) is 0 Å². The third-order valence-corrected chi connectivity index (χ3v) is 7.78. The number of anilines is 1. The molecule has 0 radical (unpaired) electrons. The average molecular weight is 539 g/mol. The summed E-state index contributed by atoms with van der Waals surface area (Å²) in [5.41, 5.74) is 0.927. The molecule has 1 N–H and O–H groups in total. The normalized spacial score (nSPS) is 18.4. The average Bonchev–Trinajstić information content (AvgIpc) is 3.35. The van der Waals surface area contributed by atoms with Gasteiger partial charge in [0.1, 0.15) is 5.41 Å². The number of pyridine rings is 1. The molecule has 2 aliphatic heterocycles. The van der Waals surface area contributed by atoms with Crippen molar-refractivity contribution >= 4 is 11.6 Å². The molecular formula is C28H29F3N6O2. The molecule has 5 rings (SSSR count). The molecule has 0 bridgehead atoms. The van der Waals surface area contributed by atoms with Crippen molar-refractivity contribution in [1.82, 2.24) is 19.7 Å². The Hall–Kier alpha value is -3.75. The topological polar surface area (TPSA) is 96.1 Å². The Bertz CT molecular complexity index is 1350. The van der Waals surface area contributed by atoms with Crippen LogP contribution in [0.1, 0.15) is 53.0 Å². The highest BCUT2D eigenvalue weighted by molar-refractivity contribution is 6.04. The second-order valence-corrected chi connectivity index (χ2v) is 10.1. The Morgan fingerprint density at radius 2 is 1.79 bits per heavy atom. The molecule has 3 aromatic rings. The first-order valence-electron chi connectivity index (χ1n) is 12.9. The van der Waals surface area contributed by atoms with Crippen LogP contribution in [-0.4, -0.2) is 57.9 Å². The lowest BCUT2D eigenvalue weighted by molar-refractivity contribution is -0.137. The Labute approximate surface area is 224 Å². The van der Waals surface area contributed by atoms with Crippen molar-refractivity contribution in [2.75, 3.05) is 31.6 Å². The van der Waals surface area contributed by atoms with Crippen molar-refractivity contribution < 1.29 is 22.7 Å². The van der Waals surface area contributed by atoms with E-state index in [-0.39, 0.29) is 5.56 Å². The van der Waals surface area contributed by atoms with Crippen molar-refractivity contribution in [3.05, 3.63) is 71.3 Å². The first-order valence-corrected chi connectivity index (χ1v) is 12.9. The van der Waals surface area contributed by atoms with Crippen LogP contribution in [0, 0.1) is 18.3 Å². The predicted octanol–water partition coefficient (Wildman–Crippen LogP) is 4.88. The lowest BCUT2D eigenvalue weighted by Crippen LogP contribution is -2.48. The summed E-state index contributed by atoms with van der Waals surface area (Å²) in [5, 5.41) is 17.1. The van der Waals surface area contributed by atoms with Crippen LogP contribution in [0.4, 0.5) is 18.9 Å². The quantitative estimate of drug-likeness (QED) is 0.497. The Morgan fingerprint density at radius 3 is 2.38 bits per heavy atom. The largest absolute Gasteiger partial charge is 0.416 e. The number of hydrogen-bond acceptors (Lipinski definition) is 6. The lowest BCUT2D eigenvalue weighted by Gasteiger charge is -2.42. The summed E-state index contributed by atoms with van der Waals surface area (Å²) in [5.74, 6) is -0.417. The molecule has 0 unspecified atom stereocenters. The number of amides is 1. The zero-order chi connectivity index (χ0) is 27.6. The number of ether oxygens (including phenoxy) is 1. The van der Waals surface area contributed by atoms with E-state index < -0.39 is 23.1 Å². The number of piperidine rings is 1. The Kier molecular flexibility index (Phi) is 7.42. The molecule has 2 saturated heterocycles. The van der Waals surface area contributed by atoms with Gasteiger partial charge < -0.3 is 15.0 Å². The van der Waals surface area contributed by atoms with E-state index in [4.69, 9.17) is 4.74 Å². The maximum atomic E-state index is 12.9.